The van der Waals surface area contributed by atoms with Crippen molar-refractivity contribution in [3.63, 3.8) is 0 Å². The molecule has 8 heteroatoms. The fraction of sp³-hybridized carbons (Fsp3) is 0.263. The maximum Gasteiger partial charge on any atom is 0.316 e. The van der Waals surface area contributed by atoms with Crippen LogP contribution >= 0.6 is 11.8 Å². The van der Waals surface area contributed by atoms with Crippen molar-refractivity contribution in [2.45, 2.75) is 18.4 Å². The molecule has 0 bridgehead atoms. The van der Waals surface area contributed by atoms with E-state index in [4.69, 9.17) is 4.74 Å². The van der Waals surface area contributed by atoms with Gasteiger partial charge in [0, 0.05) is 30.1 Å². The van der Waals surface area contributed by atoms with Crippen LogP contribution in [0.25, 0.3) is 0 Å². The van der Waals surface area contributed by atoms with Crippen LogP contribution in [0.5, 0.6) is 0 Å². The van der Waals surface area contributed by atoms with Crippen molar-refractivity contribution in [1.29, 1.82) is 0 Å². The Balaban J connectivity index is 1.76. The van der Waals surface area contributed by atoms with Gasteiger partial charge in [0.15, 0.2) is 6.61 Å². The molecule has 1 amide bonds. The number of benzene rings is 2. The van der Waals surface area contributed by atoms with Crippen LogP contribution in [0, 0.1) is 10.1 Å². The van der Waals surface area contributed by atoms with E-state index in [0.29, 0.717) is 18.0 Å². The Hall–Kier alpha value is -2.87. The highest BCUT2D eigenvalue weighted by molar-refractivity contribution is 8.00. The topological polar surface area (TPSA) is 89.8 Å². The highest BCUT2D eigenvalue weighted by atomic mass is 32.2. The van der Waals surface area contributed by atoms with Crippen molar-refractivity contribution in [2.75, 3.05) is 18.9 Å². The molecule has 0 aliphatic rings. The Labute approximate surface area is 161 Å². The average molecular weight is 388 g/mol. The first-order valence-electron chi connectivity index (χ1n) is 8.34. The van der Waals surface area contributed by atoms with Crippen molar-refractivity contribution in [1.82, 2.24) is 4.90 Å². The molecule has 0 saturated heterocycles. The SMILES string of the molecule is CCN(Cc1ccccc1)C(=O)COC(=O)CSc1ccc([N+](=O)[O-])cc1. The van der Waals surface area contributed by atoms with Crippen LogP contribution in [-0.4, -0.2) is 40.6 Å². The molecule has 0 aromatic heterocycles. The summed E-state index contributed by atoms with van der Waals surface area (Å²) < 4.78 is 5.05. The lowest BCUT2D eigenvalue weighted by Crippen LogP contribution is -2.34. The highest BCUT2D eigenvalue weighted by Gasteiger charge is 2.15. The summed E-state index contributed by atoms with van der Waals surface area (Å²) in [5.41, 5.74) is 0.998. The second kappa shape index (κ2) is 10.3. The maximum atomic E-state index is 12.2. The summed E-state index contributed by atoms with van der Waals surface area (Å²) in [4.78, 5) is 36.5. The molecule has 0 aliphatic carbocycles. The van der Waals surface area contributed by atoms with E-state index in [0.717, 1.165) is 5.56 Å². The van der Waals surface area contributed by atoms with E-state index < -0.39 is 10.9 Å². The van der Waals surface area contributed by atoms with Gasteiger partial charge in [0.05, 0.1) is 10.7 Å². The standard InChI is InChI=1S/C19H20N2O5S/c1-2-20(12-15-6-4-3-5-7-15)18(22)13-26-19(23)14-27-17-10-8-16(9-11-17)21(24)25/h3-11H,2,12-14H2,1H3. The number of ether oxygens (including phenoxy) is 1. The van der Waals surface area contributed by atoms with Gasteiger partial charge < -0.3 is 9.64 Å². The smallest absolute Gasteiger partial charge is 0.316 e. The second-order valence-electron chi connectivity index (χ2n) is 5.59. The first-order valence-corrected chi connectivity index (χ1v) is 9.32. The molecule has 0 N–H and O–H groups in total. The van der Waals surface area contributed by atoms with Crippen LogP contribution in [0.3, 0.4) is 0 Å². The molecule has 142 valence electrons. The number of amides is 1. The van der Waals surface area contributed by atoms with Gasteiger partial charge in [0.25, 0.3) is 11.6 Å². The molecular formula is C19H20N2O5S. The molecule has 2 aromatic carbocycles. The molecule has 7 nitrogen and oxygen atoms in total. The number of likely N-dealkylation sites (N-methyl/N-ethyl adjacent to an activating group) is 1. The molecule has 0 fully saturated rings. The third-order valence-electron chi connectivity index (χ3n) is 3.71. The molecule has 0 radical (unpaired) electrons. The molecule has 0 aliphatic heterocycles. The third-order valence-corrected chi connectivity index (χ3v) is 4.70. The number of carbonyl (C=O) groups is 2. The Morgan fingerprint density at radius 3 is 2.37 bits per heavy atom. The van der Waals surface area contributed by atoms with E-state index >= 15 is 0 Å². The van der Waals surface area contributed by atoms with Gasteiger partial charge in [0.1, 0.15) is 0 Å². The largest absolute Gasteiger partial charge is 0.455 e. The van der Waals surface area contributed by atoms with Crippen LogP contribution in [0.2, 0.25) is 0 Å². The van der Waals surface area contributed by atoms with Crippen molar-refractivity contribution in [3.05, 3.63) is 70.3 Å². The van der Waals surface area contributed by atoms with Crippen molar-refractivity contribution < 1.29 is 19.2 Å². The first kappa shape index (κ1) is 20.4. The normalized spacial score (nSPS) is 10.3. The molecule has 0 heterocycles. The summed E-state index contributed by atoms with van der Waals surface area (Å²) in [7, 11) is 0. The van der Waals surface area contributed by atoms with Gasteiger partial charge in [-0.05, 0) is 24.6 Å². The number of hydrogen-bond donors (Lipinski definition) is 0. The van der Waals surface area contributed by atoms with E-state index in [1.54, 1.807) is 17.0 Å². The van der Waals surface area contributed by atoms with Crippen molar-refractivity contribution in [2.24, 2.45) is 0 Å². The summed E-state index contributed by atoms with van der Waals surface area (Å²) >= 11 is 1.20. The van der Waals surface area contributed by atoms with E-state index in [1.165, 1.54) is 23.9 Å². The van der Waals surface area contributed by atoms with Crippen LogP contribution in [-0.2, 0) is 20.9 Å². The molecule has 27 heavy (non-hydrogen) atoms. The van der Waals surface area contributed by atoms with Crippen LogP contribution in [0.1, 0.15) is 12.5 Å². The molecule has 0 unspecified atom stereocenters. The van der Waals surface area contributed by atoms with Crippen LogP contribution in [0.4, 0.5) is 5.69 Å². The lowest BCUT2D eigenvalue weighted by Gasteiger charge is -2.20. The lowest BCUT2D eigenvalue weighted by atomic mass is 10.2. The molecule has 0 atom stereocenters. The maximum absolute atomic E-state index is 12.2. The van der Waals surface area contributed by atoms with Crippen LogP contribution in [0.15, 0.2) is 59.5 Å². The zero-order valence-corrected chi connectivity index (χ0v) is 15.7. The summed E-state index contributed by atoms with van der Waals surface area (Å²) in [6.45, 7) is 2.54. The second-order valence-corrected chi connectivity index (χ2v) is 6.64. The van der Waals surface area contributed by atoms with Crippen molar-refractivity contribution >= 4 is 29.3 Å². The molecule has 2 rings (SSSR count). The number of thioether (sulfide) groups is 1. The summed E-state index contributed by atoms with van der Waals surface area (Å²) in [6.07, 6.45) is 0. The van der Waals surface area contributed by atoms with E-state index in [-0.39, 0.29) is 24.0 Å². The molecule has 0 saturated carbocycles. The van der Waals surface area contributed by atoms with Gasteiger partial charge in [-0.1, -0.05) is 30.3 Å². The number of nitro groups is 1. The number of nitro benzene ring substituents is 1. The third kappa shape index (κ3) is 6.74. The lowest BCUT2D eigenvalue weighted by molar-refractivity contribution is -0.384. The number of nitrogens with zero attached hydrogens (tertiary/aromatic N) is 2. The fourth-order valence-electron chi connectivity index (χ4n) is 2.26. The monoisotopic (exact) mass is 388 g/mol. The fourth-order valence-corrected chi connectivity index (χ4v) is 2.96. The molecular weight excluding hydrogens is 368 g/mol. The number of rotatable bonds is 9. The Kier molecular flexibility index (Phi) is 7.81. The van der Waals surface area contributed by atoms with E-state index in [2.05, 4.69) is 0 Å². The van der Waals surface area contributed by atoms with Gasteiger partial charge in [-0.25, -0.2) is 0 Å². The minimum Gasteiger partial charge on any atom is -0.455 e. The first-order chi connectivity index (χ1) is 13.0. The molecule has 0 spiro atoms. The Bertz CT molecular complexity index is 780. The van der Waals surface area contributed by atoms with E-state index in [9.17, 15) is 19.7 Å². The Morgan fingerprint density at radius 1 is 1.11 bits per heavy atom. The number of hydrogen-bond acceptors (Lipinski definition) is 6. The van der Waals surface area contributed by atoms with E-state index in [1.807, 2.05) is 37.3 Å². The minimum absolute atomic E-state index is 0.00871. The quantitative estimate of drug-likeness (QED) is 0.283. The van der Waals surface area contributed by atoms with Gasteiger partial charge in [-0.3, -0.25) is 19.7 Å². The summed E-state index contributed by atoms with van der Waals surface area (Å²) in [5.74, 6) is -0.742. The highest BCUT2D eigenvalue weighted by Crippen LogP contribution is 2.21. The number of carbonyl (C=O) groups excluding carboxylic acids is 2. The zero-order valence-electron chi connectivity index (χ0n) is 14.9. The minimum atomic E-state index is -0.512. The summed E-state index contributed by atoms with van der Waals surface area (Å²) in [6, 6.07) is 15.5. The summed E-state index contributed by atoms with van der Waals surface area (Å²) in [5, 5.41) is 10.6. The van der Waals surface area contributed by atoms with Crippen LogP contribution < -0.4 is 0 Å². The van der Waals surface area contributed by atoms with Gasteiger partial charge >= 0.3 is 5.97 Å². The van der Waals surface area contributed by atoms with Crippen molar-refractivity contribution in [3.8, 4) is 0 Å². The zero-order chi connectivity index (χ0) is 19.6. The Morgan fingerprint density at radius 2 is 1.78 bits per heavy atom. The predicted molar refractivity (Wildman–Crippen MR) is 102 cm³/mol. The van der Waals surface area contributed by atoms with Gasteiger partial charge in [0.2, 0.25) is 0 Å². The molecule has 2 aromatic rings. The van der Waals surface area contributed by atoms with Gasteiger partial charge in [-0.2, -0.15) is 0 Å². The average Bonchev–Trinajstić information content (AvgIpc) is 2.69. The number of non-ortho nitro benzene ring substituents is 1. The predicted octanol–water partition coefficient (Wildman–Crippen LogP) is 3.28. The van der Waals surface area contributed by atoms with Gasteiger partial charge in [-0.15, -0.1) is 11.8 Å². The number of esters is 1.